The van der Waals surface area contributed by atoms with E-state index in [1.54, 1.807) is 19.2 Å². The molecule has 0 radical (unpaired) electrons. The molecule has 8 heteroatoms. The summed E-state index contributed by atoms with van der Waals surface area (Å²) in [6, 6.07) is 15.9. The lowest BCUT2D eigenvalue weighted by Gasteiger charge is -2.45. The van der Waals surface area contributed by atoms with Crippen LogP contribution in [0.3, 0.4) is 0 Å². The molecular weight excluding hydrogens is 404 g/mol. The first kappa shape index (κ1) is 21.7. The Hall–Kier alpha value is -3.00. The molecule has 0 aliphatic carbocycles. The fourth-order valence-corrected chi connectivity index (χ4v) is 4.05. The van der Waals surface area contributed by atoms with Gasteiger partial charge in [-0.25, -0.2) is 0 Å². The topological polar surface area (TPSA) is 84.9 Å². The second kappa shape index (κ2) is 10.2. The van der Waals surface area contributed by atoms with Crippen LogP contribution in [0.5, 0.6) is 5.75 Å². The maximum Gasteiger partial charge on any atom is 0.326 e. The zero-order chi connectivity index (χ0) is 21.5. The summed E-state index contributed by atoms with van der Waals surface area (Å²) in [4.78, 5) is 38.3. The van der Waals surface area contributed by atoms with Crippen molar-refractivity contribution in [2.45, 2.75) is 24.4 Å². The lowest BCUT2D eigenvalue weighted by molar-refractivity contribution is -0.158. The molecule has 0 bridgehead atoms. The van der Waals surface area contributed by atoms with Crippen LogP contribution in [0, 0.1) is 0 Å². The third-order valence-electron chi connectivity index (χ3n) is 4.77. The van der Waals surface area contributed by atoms with Gasteiger partial charge in [0.15, 0.2) is 0 Å². The molecule has 1 heterocycles. The van der Waals surface area contributed by atoms with Crippen LogP contribution in [0.2, 0.25) is 0 Å². The fourth-order valence-electron chi connectivity index (χ4n) is 3.16. The van der Waals surface area contributed by atoms with Crippen LogP contribution in [0.15, 0.2) is 54.6 Å². The average Bonchev–Trinajstić information content (AvgIpc) is 2.77. The SMILES string of the molecule is COc1ccc(COC(=O)CN2C(=O)C(NC(=O)Cc3ccccc3)C2SC)cc1. The Morgan fingerprint density at radius 1 is 1.07 bits per heavy atom. The zero-order valence-electron chi connectivity index (χ0n) is 16.9. The smallest absolute Gasteiger partial charge is 0.326 e. The summed E-state index contributed by atoms with van der Waals surface area (Å²) in [5, 5.41) is 2.47. The first-order chi connectivity index (χ1) is 14.5. The number of esters is 1. The number of hydrogen-bond donors (Lipinski definition) is 1. The summed E-state index contributed by atoms with van der Waals surface area (Å²) in [5.74, 6) is -0.274. The number of benzene rings is 2. The lowest BCUT2D eigenvalue weighted by Crippen LogP contribution is -2.70. The molecule has 0 spiro atoms. The molecule has 1 N–H and O–H groups in total. The number of β-lactam (4-membered cyclic amide) rings is 1. The van der Waals surface area contributed by atoms with Crippen molar-refractivity contribution in [1.82, 2.24) is 10.2 Å². The number of carbonyl (C=O) groups excluding carboxylic acids is 3. The standard InChI is InChI=1S/C22H24N2O5S/c1-28-17-10-8-16(9-11-17)14-29-19(26)13-24-21(27)20(22(24)30-2)23-18(25)12-15-6-4-3-5-7-15/h3-11,20,22H,12-14H2,1-2H3,(H,23,25). The number of carbonyl (C=O) groups is 3. The second-order valence-electron chi connectivity index (χ2n) is 6.81. The number of rotatable bonds is 9. The third kappa shape index (κ3) is 5.33. The van der Waals surface area contributed by atoms with Gasteiger partial charge in [0.25, 0.3) is 0 Å². The maximum absolute atomic E-state index is 12.5. The van der Waals surface area contributed by atoms with Crippen LogP contribution in [-0.2, 0) is 32.1 Å². The van der Waals surface area contributed by atoms with Crippen molar-refractivity contribution >= 4 is 29.5 Å². The van der Waals surface area contributed by atoms with Gasteiger partial charge in [0.2, 0.25) is 11.8 Å². The Labute approximate surface area is 179 Å². The largest absolute Gasteiger partial charge is 0.497 e. The number of amides is 2. The highest BCUT2D eigenvalue weighted by molar-refractivity contribution is 7.99. The van der Waals surface area contributed by atoms with E-state index in [1.807, 2.05) is 48.7 Å². The predicted molar refractivity (Wildman–Crippen MR) is 114 cm³/mol. The molecule has 1 saturated heterocycles. The molecule has 0 saturated carbocycles. The Kier molecular flexibility index (Phi) is 7.35. The molecule has 1 aliphatic rings. The highest BCUT2D eigenvalue weighted by Gasteiger charge is 2.48. The van der Waals surface area contributed by atoms with Gasteiger partial charge in [-0.05, 0) is 29.5 Å². The average molecular weight is 429 g/mol. The molecule has 2 amide bonds. The van der Waals surface area contributed by atoms with E-state index in [2.05, 4.69) is 5.32 Å². The Morgan fingerprint density at radius 2 is 1.77 bits per heavy atom. The molecular formula is C22H24N2O5S. The highest BCUT2D eigenvalue weighted by Crippen LogP contribution is 2.28. The van der Waals surface area contributed by atoms with Crippen molar-refractivity contribution in [2.75, 3.05) is 19.9 Å². The van der Waals surface area contributed by atoms with E-state index in [0.29, 0.717) is 0 Å². The van der Waals surface area contributed by atoms with Gasteiger partial charge in [0, 0.05) is 0 Å². The molecule has 3 rings (SSSR count). The van der Waals surface area contributed by atoms with Crippen LogP contribution in [-0.4, -0.2) is 54.0 Å². The third-order valence-corrected chi connectivity index (χ3v) is 5.77. The summed E-state index contributed by atoms with van der Waals surface area (Å²) in [6.07, 6.45) is 2.04. The van der Waals surface area contributed by atoms with Gasteiger partial charge in [-0.2, -0.15) is 0 Å². The van der Waals surface area contributed by atoms with Crippen LogP contribution in [0.4, 0.5) is 0 Å². The second-order valence-corrected chi connectivity index (χ2v) is 7.76. The molecule has 2 atom stereocenters. The quantitative estimate of drug-likeness (QED) is 0.486. The van der Waals surface area contributed by atoms with Crippen molar-refractivity contribution in [3.63, 3.8) is 0 Å². The fraction of sp³-hybridized carbons (Fsp3) is 0.318. The van der Waals surface area contributed by atoms with E-state index in [1.165, 1.54) is 16.7 Å². The van der Waals surface area contributed by atoms with E-state index in [-0.39, 0.29) is 36.8 Å². The van der Waals surface area contributed by atoms with Gasteiger partial charge >= 0.3 is 5.97 Å². The molecule has 30 heavy (non-hydrogen) atoms. The summed E-state index contributed by atoms with van der Waals surface area (Å²) in [6.45, 7) is -0.0302. The van der Waals surface area contributed by atoms with Crippen molar-refractivity contribution in [3.8, 4) is 5.75 Å². The summed E-state index contributed by atoms with van der Waals surface area (Å²) >= 11 is 1.41. The van der Waals surface area contributed by atoms with E-state index in [4.69, 9.17) is 9.47 Å². The van der Waals surface area contributed by atoms with Gasteiger partial charge in [-0.15, -0.1) is 11.8 Å². The number of nitrogens with one attached hydrogen (secondary N) is 1. The zero-order valence-corrected chi connectivity index (χ0v) is 17.7. The van der Waals surface area contributed by atoms with Crippen molar-refractivity contribution < 1.29 is 23.9 Å². The number of methoxy groups -OCH3 is 1. The van der Waals surface area contributed by atoms with Crippen molar-refractivity contribution in [3.05, 3.63) is 65.7 Å². The first-order valence-corrected chi connectivity index (χ1v) is 10.8. The number of thioether (sulfide) groups is 1. The molecule has 1 fully saturated rings. The molecule has 2 aromatic carbocycles. The highest BCUT2D eigenvalue weighted by atomic mass is 32.2. The van der Waals surface area contributed by atoms with Gasteiger partial charge in [-0.3, -0.25) is 14.4 Å². The van der Waals surface area contributed by atoms with Crippen LogP contribution in [0.25, 0.3) is 0 Å². The molecule has 2 unspecified atom stereocenters. The van der Waals surface area contributed by atoms with Crippen molar-refractivity contribution in [1.29, 1.82) is 0 Å². The monoisotopic (exact) mass is 428 g/mol. The number of hydrogen-bond acceptors (Lipinski definition) is 6. The summed E-state index contributed by atoms with van der Waals surface area (Å²) < 4.78 is 10.4. The molecule has 0 aromatic heterocycles. The van der Waals surface area contributed by atoms with E-state index in [9.17, 15) is 14.4 Å². The van der Waals surface area contributed by atoms with Crippen LogP contribution < -0.4 is 10.1 Å². The molecule has 158 valence electrons. The minimum Gasteiger partial charge on any atom is -0.497 e. The van der Waals surface area contributed by atoms with Crippen LogP contribution in [0.1, 0.15) is 11.1 Å². The number of nitrogens with zero attached hydrogens (tertiary/aromatic N) is 1. The normalized spacial score (nSPS) is 17.8. The molecule has 2 aromatic rings. The van der Waals surface area contributed by atoms with Crippen molar-refractivity contribution in [2.24, 2.45) is 0 Å². The van der Waals surface area contributed by atoms with Gasteiger partial charge < -0.3 is 19.7 Å². The Balaban J connectivity index is 1.47. The predicted octanol–water partition coefficient (Wildman–Crippen LogP) is 2.00. The minimum absolute atomic E-state index is 0.117. The minimum atomic E-state index is -0.634. The van der Waals surface area contributed by atoms with E-state index in [0.717, 1.165) is 16.9 Å². The summed E-state index contributed by atoms with van der Waals surface area (Å²) in [5.41, 5.74) is 1.70. The van der Waals surface area contributed by atoms with Crippen LogP contribution >= 0.6 is 11.8 Å². The van der Waals surface area contributed by atoms with E-state index >= 15 is 0 Å². The lowest BCUT2D eigenvalue weighted by atomic mass is 10.1. The summed E-state index contributed by atoms with van der Waals surface area (Å²) in [7, 11) is 1.58. The first-order valence-electron chi connectivity index (χ1n) is 9.47. The van der Waals surface area contributed by atoms with Gasteiger partial charge in [0.05, 0.1) is 13.5 Å². The Bertz CT molecular complexity index is 888. The number of ether oxygens (including phenoxy) is 2. The van der Waals surface area contributed by atoms with Gasteiger partial charge in [-0.1, -0.05) is 42.5 Å². The van der Waals surface area contributed by atoms with Gasteiger partial charge in [0.1, 0.15) is 30.3 Å². The Morgan fingerprint density at radius 3 is 2.40 bits per heavy atom. The number of likely N-dealkylation sites (tertiary alicyclic amines) is 1. The maximum atomic E-state index is 12.5. The van der Waals surface area contributed by atoms with E-state index < -0.39 is 12.0 Å². The molecule has 1 aliphatic heterocycles. The molecule has 7 nitrogen and oxygen atoms in total.